The van der Waals surface area contributed by atoms with Gasteiger partial charge in [-0.1, -0.05) is 224 Å². The van der Waals surface area contributed by atoms with Crippen molar-refractivity contribution in [1.82, 2.24) is 0 Å². The number of carbonyl (C=O) groups excluding carboxylic acids is 1. The minimum atomic E-state index is -0.803. The first-order valence-electron chi connectivity index (χ1n) is 26.8. The average Bonchev–Trinajstić information content (AvgIpc) is 3.40. The lowest BCUT2D eigenvalue weighted by atomic mass is 9.63. The minimum absolute atomic E-state index is 0. The number of carboxylic acid groups (broad SMARTS) is 1. The molecule has 8 rings (SSSR count). The largest absolute Gasteiger partial charge is 0.508 e. The number of phenols is 1. The number of aliphatic carboxylic acids is 1. The smallest absolute Gasteiger partial charge is 0.306 e. The number of carbonyl (C=O) groups is 2. The van der Waals surface area contributed by atoms with Gasteiger partial charge in [-0.3, -0.25) is 9.59 Å². The molecule has 2 aliphatic rings. The fourth-order valence-electron chi connectivity index (χ4n) is 10.3. The minimum Gasteiger partial charge on any atom is -0.508 e. The first-order chi connectivity index (χ1) is 35.7. The van der Waals surface area contributed by atoms with Crippen LogP contribution >= 0.6 is 15.9 Å². The number of carboxylic acids is 1. The summed E-state index contributed by atoms with van der Waals surface area (Å²) in [5.41, 5.74) is 14.0. The highest BCUT2D eigenvalue weighted by atomic mass is 79.9. The molecule has 2 atom stereocenters. The van der Waals surface area contributed by atoms with Crippen molar-refractivity contribution in [2.75, 3.05) is 6.61 Å². The number of hydrogen-bond donors (Lipinski definition) is 2. The van der Waals surface area contributed by atoms with Gasteiger partial charge in [-0.25, -0.2) is 0 Å². The summed E-state index contributed by atoms with van der Waals surface area (Å²) in [4.78, 5) is 23.3. The average molecular weight is 1090 g/mol. The lowest BCUT2D eigenvalue weighted by Crippen LogP contribution is -2.33. The second-order valence-corrected chi connectivity index (χ2v) is 23.5. The molecule has 0 spiro atoms. The summed E-state index contributed by atoms with van der Waals surface area (Å²) >= 11 is 3.55. The molecule has 6 aromatic carbocycles. The van der Waals surface area contributed by atoms with Crippen LogP contribution in [0.5, 0.6) is 11.5 Å². The summed E-state index contributed by atoms with van der Waals surface area (Å²) < 4.78 is 11.2. The number of ether oxygens (including phenoxy) is 2. The third-order valence-corrected chi connectivity index (χ3v) is 15.9. The monoisotopic (exact) mass is 1090 g/mol. The maximum absolute atomic E-state index is 11.8. The number of alkyl halides is 1. The zero-order valence-corrected chi connectivity index (χ0v) is 47.6. The van der Waals surface area contributed by atoms with E-state index in [1.807, 2.05) is 84.9 Å². The van der Waals surface area contributed by atoms with Gasteiger partial charge in [-0.15, -0.1) is 0 Å². The standard InChI is InChI=1S/C33H38O3.C20H22O3.C15H21Br.CH4/c1-32(2)19-20-33(3,4)30-21-25(13-18-29(30)32)23-36-28-16-14-26(15-17-28)27(22-31(34)35)12-8-11-24-9-6-5-7-10-24;1-2-23-20(22)15-18(17-11-13-19(21)14-12-17)10-6-9-16-7-4-3-5-8-16;1-14(2)7-8-15(3,4)13-9-11(10-16)5-6-12(13)14;/h5-10,12-18,21,27H,11,19-20,22-23H2,1-4H3,(H,34,35);3-8,10-14,18,21H,2,9,15H2,1H3;5-6,9H,7-8,10H2,1-4H3;1H4/b12-8+;10-6+;;/t27-;18-;;/m00../s1. The van der Waals surface area contributed by atoms with Crippen molar-refractivity contribution in [2.45, 2.75) is 167 Å². The second kappa shape index (κ2) is 27.7. The van der Waals surface area contributed by atoms with Crippen molar-refractivity contribution in [3.63, 3.8) is 0 Å². The van der Waals surface area contributed by atoms with Crippen molar-refractivity contribution < 1.29 is 29.3 Å². The number of hydrogen-bond acceptors (Lipinski definition) is 5. The lowest BCUT2D eigenvalue weighted by Gasteiger charge is -2.42. The molecule has 7 heteroatoms. The molecular formula is C69H85BrO6. The summed E-state index contributed by atoms with van der Waals surface area (Å²) in [5, 5.41) is 19.8. The maximum Gasteiger partial charge on any atom is 0.306 e. The SMILES string of the molecule is C.CC1(C)CCC(C)(C)c2cc(CBr)ccc21.CC1(C)CCC(C)(C)c2cc(COc3ccc([C@@H](/C=C/Cc4ccccc4)CC(=O)O)cc3)ccc21.CCOC(=O)C[C@H](/C=C/Cc1ccccc1)c1ccc(O)cc1. The van der Waals surface area contributed by atoms with Crippen molar-refractivity contribution >= 4 is 27.9 Å². The number of rotatable bonds is 17. The highest BCUT2D eigenvalue weighted by Gasteiger charge is 2.38. The van der Waals surface area contributed by atoms with E-state index in [-0.39, 0.29) is 48.2 Å². The number of allylic oxidation sites excluding steroid dienone is 4. The van der Waals surface area contributed by atoms with Gasteiger partial charge in [0.25, 0.3) is 0 Å². The van der Waals surface area contributed by atoms with E-state index < -0.39 is 5.97 Å². The molecule has 0 aromatic heterocycles. The molecule has 404 valence electrons. The van der Waals surface area contributed by atoms with E-state index in [9.17, 15) is 19.8 Å². The molecule has 0 fully saturated rings. The van der Waals surface area contributed by atoms with Crippen molar-refractivity contribution in [2.24, 2.45) is 0 Å². The summed E-state index contributed by atoms with van der Waals surface area (Å²) in [7, 11) is 0. The zero-order valence-electron chi connectivity index (χ0n) is 46.0. The third-order valence-electron chi connectivity index (χ3n) is 15.2. The predicted octanol–water partition coefficient (Wildman–Crippen LogP) is 17.8. The highest BCUT2D eigenvalue weighted by Crippen LogP contribution is 2.47. The lowest BCUT2D eigenvalue weighted by molar-refractivity contribution is -0.143. The van der Waals surface area contributed by atoms with Gasteiger partial charge >= 0.3 is 11.9 Å². The Hall–Kier alpha value is -6.18. The number of benzene rings is 6. The molecule has 0 saturated carbocycles. The molecule has 0 aliphatic heterocycles. The Bertz CT molecular complexity index is 2820. The highest BCUT2D eigenvalue weighted by molar-refractivity contribution is 9.08. The van der Waals surface area contributed by atoms with Crippen LogP contribution < -0.4 is 4.74 Å². The van der Waals surface area contributed by atoms with E-state index >= 15 is 0 Å². The van der Waals surface area contributed by atoms with E-state index in [1.54, 1.807) is 30.2 Å². The fraction of sp³-hybridized carbons (Fsp3) is 0.391. The summed E-state index contributed by atoms with van der Waals surface area (Å²) in [6, 6.07) is 49.0. The van der Waals surface area contributed by atoms with Crippen LogP contribution in [0.4, 0.5) is 0 Å². The maximum atomic E-state index is 11.8. The first kappa shape index (κ1) is 60.7. The summed E-state index contributed by atoms with van der Waals surface area (Å²) in [5.74, 6) is -0.238. The van der Waals surface area contributed by atoms with Crippen molar-refractivity contribution in [1.29, 1.82) is 0 Å². The van der Waals surface area contributed by atoms with Crippen molar-refractivity contribution in [3.05, 3.63) is 226 Å². The van der Waals surface area contributed by atoms with Crippen LogP contribution in [0.3, 0.4) is 0 Å². The van der Waals surface area contributed by atoms with Gasteiger partial charge in [0.2, 0.25) is 0 Å². The van der Waals surface area contributed by atoms with Gasteiger partial charge in [0.1, 0.15) is 18.1 Å². The third kappa shape index (κ3) is 17.4. The predicted molar refractivity (Wildman–Crippen MR) is 319 cm³/mol. The first-order valence-corrected chi connectivity index (χ1v) is 28.0. The Morgan fingerprint density at radius 3 is 1.42 bits per heavy atom. The zero-order chi connectivity index (χ0) is 54.2. The van der Waals surface area contributed by atoms with E-state index in [0.29, 0.717) is 30.5 Å². The number of aromatic hydroxyl groups is 1. The van der Waals surface area contributed by atoms with Gasteiger partial charge in [0.05, 0.1) is 19.4 Å². The number of esters is 1. The fourth-order valence-corrected chi connectivity index (χ4v) is 10.6. The van der Waals surface area contributed by atoms with Crippen LogP contribution in [0.1, 0.15) is 176 Å². The van der Waals surface area contributed by atoms with Gasteiger partial charge in [-0.05, 0) is 147 Å². The van der Waals surface area contributed by atoms with Crippen LogP contribution in [-0.2, 0) is 60.8 Å². The van der Waals surface area contributed by atoms with Crippen LogP contribution in [0, 0.1) is 0 Å². The number of fused-ring (bicyclic) bond motifs is 2. The molecule has 76 heavy (non-hydrogen) atoms. The number of halogens is 1. The Morgan fingerprint density at radius 2 is 0.974 bits per heavy atom. The molecule has 6 aromatic rings. The van der Waals surface area contributed by atoms with Crippen LogP contribution in [0.25, 0.3) is 0 Å². The Morgan fingerprint density at radius 1 is 0.553 bits per heavy atom. The van der Waals surface area contributed by atoms with Gasteiger partial charge in [0, 0.05) is 17.2 Å². The number of phenolic OH excluding ortho intramolecular Hbond substituents is 1. The molecule has 0 heterocycles. The molecule has 0 radical (unpaired) electrons. The van der Waals surface area contributed by atoms with Gasteiger partial charge in [-0.2, -0.15) is 0 Å². The molecular weight excluding hydrogens is 1000 g/mol. The summed E-state index contributed by atoms with van der Waals surface area (Å²) in [6.07, 6.45) is 15.1. The molecule has 2 N–H and O–H groups in total. The van der Waals surface area contributed by atoms with Gasteiger partial charge in [0.15, 0.2) is 0 Å². The second-order valence-electron chi connectivity index (χ2n) is 22.9. The van der Waals surface area contributed by atoms with E-state index in [0.717, 1.165) is 35.0 Å². The van der Waals surface area contributed by atoms with Crippen molar-refractivity contribution in [3.8, 4) is 11.5 Å². The van der Waals surface area contributed by atoms with E-state index in [1.165, 1.54) is 59.1 Å². The van der Waals surface area contributed by atoms with Crippen LogP contribution in [-0.4, -0.2) is 28.8 Å². The van der Waals surface area contributed by atoms with E-state index in [2.05, 4.69) is 144 Å². The quantitative estimate of drug-likeness (QED) is 0.0537. The normalized spacial score (nSPS) is 16.2. The van der Waals surface area contributed by atoms with Crippen LogP contribution in [0.15, 0.2) is 170 Å². The Labute approximate surface area is 464 Å². The Balaban J connectivity index is 0.000000228. The molecule has 0 unspecified atom stereocenters. The molecule has 2 aliphatic carbocycles. The topological polar surface area (TPSA) is 93.1 Å². The van der Waals surface area contributed by atoms with Gasteiger partial charge < -0.3 is 19.7 Å². The Kier molecular flexibility index (Phi) is 22.1. The molecule has 6 nitrogen and oxygen atoms in total. The molecule has 0 saturated heterocycles. The summed E-state index contributed by atoms with van der Waals surface area (Å²) in [6.45, 7) is 21.5. The van der Waals surface area contributed by atoms with Crippen LogP contribution in [0.2, 0.25) is 0 Å². The molecule has 0 bridgehead atoms. The molecule has 0 amide bonds. The van der Waals surface area contributed by atoms with E-state index in [4.69, 9.17) is 9.47 Å².